The van der Waals surface area contributed by atoms with Gasteiger partial charge in [-0.1, -0.05) is 12.1 Å². The maximum atomic E-state index is 5.51. The molecule has 1 aromatic heterocycles. The molecule has 1 aliphatic carbocycles. The van der Waals surface area contributed by atoms with Gasteiger partial charge in [-0.3, -0.25) is 0 Å². The third-order valence-electron chi connectivity index (χ3n) is 3.61. The number of nitrogens with zero attached hydrogens (tertiary/aromatic N) is 1. The normalized spacial score (nSPS) is 14.3. The first kappa shape index (κ1) is 10.4. The summed E-state index contributed by atoms with van der Waals surface area (Å²) < 4.78 is 2.32. The molecule has 0 fully saturated rings. The Balaban J connectivity index is 2.33. The van der Waals surface area contributed by atoms with E-state index in [1.54, 1.807) is 0 Å². The van der Waals surface area contributed by atoms with E-state index in [0.29, 0.717) is 6.54 Å². The van der Waals surface area contributed by atoms with Gasteiger partial charge in [0.05, 0.1) is 0 Å². The van der Waals surface area contributed by atoms with Crippen LogP contribution in [0, 0.1) is 12.3 Å². The zero-order valence-electron chi connectivity index (χ0n) is 9.95. The lowest BCUT2D eigenvalue weighted by molar-refractivity contribution is -0.667. The molecule has 0 amide bonds. The van der Waals surface area contributed by atoms with Gasteiger partial charge in [-0.15, -0.1) is 6.42 Å². The highest BCUT2D eigenvalue weighted by atomic mass is 15.0. The maximum Gasteiger partial charge on any atom is 0.213 e. The molecule has 0 saturated heterocycles. The summed E-state index contributed by atoms with van der Waals surface area (Å²) in [5, 5.41) is 1.31. The van der Waals surface area contributed by atoms with Crippen LogP contribution in [0.4, 0.5) is 0 Å². The van der Waals surface area contributed by atoms with Gasteiger partial charge in [0.25, 0.3) is 0 Å². The number of fused-ring (bicyclic) bond motifs is 2. The van der Waals surface area contributed by atoms with Crippen LogP contribution in [0.1, 0.15) is 24.1 Å². The number of aromatic nitrogens is 1. The van der Waals surface area contributed by atoms with Gasteiger partial charge in [0.2, 0.25) is 12.1 Å². The summed E-state index contributed by atoms with van der Waals surface area (Å²) >= 11 is 0. The first-order chi connectivity index (χ1) is 8.40. The number of pyridine rings is 1. The molecule has 1 heterocycles. The van der Waals surface area contributed by atoms with Crippen LogP contribution in [0.2, 0.25) is 0 Å². The number of rotatable bonds is 1. The quantitative estimate of drug-likeness (QED) is 0.516. The predicted molar refractivity (Wildman–Crippen MR) is 69.6 cm³/mol. The molecule has 0 bridgehead atoms. The molecule has 0 spiro atoms. The fraction of sp³-hybridized carbons (Fsp3) is 0.312. The summed E-state index contributed by atoms with van der Waals surface area (Å²) in [6, 6.07) is 10.9. The molecular weight excluding hydrogens is 206 g/mol. The number of hydrogen-bond acceptors (Lipinski definition) is 0. The van der Waals surface area contributed by atoms with Crippen molar-refractivity contribution in [2.75, 3.05) is 0 Å². The standard InChI is InChI=1S/C16H16N/c1-2-11-17-15-9-5-3-7-13(15)12-14-8-4-6-10-16(14)17/h1,3,5,7,9,12H,4,6,8,10-11H2/q+1. The smallest absolute Gasteiger partial charge is 0.184 e. The monoisotopic (exact) mass is 222 g/mol. The van der Waals surface area contributed by atoms with Crippen LogP contribution in [0.5, 0.6) is 0 Å². The Morgan fingerprint density at radius 1 is 1.18 bits per heavy atom. The fourth-order valence-electron chi connectivity index (χ4n) is 2.84. The van der Waals surface area contributed by atoms with Gasteiger partial charge in [0.15, 0.2) is 5.69 Å². The second-order valence-corrected chi connectivity index (χ2v) is 4.67. The SMILES string of the molecule is C#CC[n+]1c2c(cc3ccccc31)CCCC2. The van der Waals surface area contributed by atoms with Crippen molar-refractivity contribution in [1.29, 1.82) is 0 Å². The maximum absolute atomic E-state index is 5.51. The van der Waals surface area contributed by atoms with E-state index in [9.17, 15) is 0 Å². The lowest BCUT2D eigenvalue weighted by Crippen LogP contribution is -2.41. The van der Waals surface area contributed by atoms with E-state index in [2.05, 4.69) is 40.8 Å². The van der Waals surface area contributed by atoms with Crippen LogP contribution in [0.15, 0.2) is 30.3 Å². The van der Waals surface area contributed by atoms with Crippen LogP contribution in [-0.4, -0.2) is 0 Å². The Hall–Kier alpha value is -1.81. The minimum atomic E-state index is 0.684. The summed E-state index contributed by atoms with van der Waals surface area (Å²) in [6.45, 7) is 0.684. The number of para-hydroxylation sites is 1. The van der Waals surface area contributed by atoms with Crippen LogP contribution in [-0.2, 0) is 19.4 Å². The zero-order valence-corrected chi connectivity index (χ0v) is 9.95. The van der Waals surface area contributed by atoms with Crippen molar-refractivity contribution in [1.82, 2.24) is 0 Å². The first-order valence-electron chi connectivity index (χ1n) is 6.27. The van der Waals surface area contributed by atoms with Crippen molar-refractivity contribution < 1.29 is 4.57 Å². The number of terminal acetylenes is 1. The number of benzene rings is 1. The van der Waals surface area contributed by atoms with Crippen LogP contribution >= 0.6 is 0 Å². The molecule has 1 aromatic carbocycles. The second-order valence-electron chi connectivity index (χ2n) is 4.67. The number of aryl methyl sites for hydroxylation is 1. The Morgan fingerprint density at radius 2 is 2.00 bits per heavy atom. The van der Waals surface area contributed by atoms with Crippen LogP contribution in [0.3, 0.4) is 0 Å². The Labute approximate surface area is 102 Å². The van der Waals surface area contributed by atoms with E-state index in [1.807, 2.05) is 0 Å². The molecule has 3 rings (SSSR count). The predicted octanol–water partition coefficient (Wildman–Crippen LogP) is 2.64. The summed E-state index contributed by atoms with van der Waals surface area (Å²) in [4.78, 5) is 0. The molecule has 2 aromatic rings. The van der Waals surface area contributed by atoms with E-state index in [0.717, 1.165) is 0 Å². The molecule has 0 radical (unpaired) electrons. The summed E-state index contributed by atoms with van der Waals surface area (Å²) in [6.07, 6.45) is 10.5. The summed E-state index contributed by atoms with van der Waals surface area (Å²) in [5.74, 6) is 2.79. The molecular formula is C16H16N+. The van der Waals surface area contributed by atoms with Crippen molar-refractivity contribution in [3.63, 3.8) is 0 Å². The van der Waals surface area contributed by atoms with Gasteiger partial charge in [-0.2, -0.15) is 4.57 Å². The molecule has 0 aliphatic heterocycles. The summed E-state index contributed by atoms with van der Waals surface area (Å²) in [7, 11) is 0. The third-order valence-corrected chi connectivity index (χ3v) is 3.61. The lowest BCUT2D eigenvalue weighted by atomic mass is 9.94. The third kappa shape index (κ3) is 1.70. The van der Waals surface area contributed by atoms with Crippen molar-refractivity contribution in [3.05, 3.63) is 41.6 Å². The number of hydrogen-bond donors (Lipinski definition) is 0. The van der Waals surface area contributed by atoms with Gasteiger partial charge >= 0.3 is 0 Å². The topological polar surface area (TPSA) is 3.88 Å². The molecule has 0 N–H and O–H groups in total. The van der Waals surface area contributed by atoms with E-state index in [1.165, 1.54) is 47.8 Å². The van der Waals surface area contributed by atoms with Gasteiger partial charge in [0.1, 0.15) is 0 Å². The van der Waals surface area contributed by atoms with Crippen LogP contribution in [0.25, 0.3) is 10.9 Å². The van der Waals surface area contributed by atoms with E-state index < -0.39 is 0 Å². The average Bonchev–Trinajstić information content (AvgIpc) is 2.39. The van der Waals surface area contributed by atoms with Crippen molar-refractivity contribution >= 4 is 10.9 Å². The Morgan fingerprint density at radius 3 is 2.88 bits per heavy atom. The second kappa shape index (κ2) is 4.22. The molecule has 1 nitrogen and oxygen atoms in total. The Kier molecular flexibility index (Phi) is 2.57. The molecule has 1 aliphatic rings. The highest BCUT2D eigenvalue weighted by Crippen LogP contribution is 2.22. The van der Waals surface area contributed by atoms with E-state index in [-0.39, 0.29) is 0 Å². The molecule has 0 saturated carbocycles. The van der Waals surface area contributed by atoms with Crippen molar-refractivity contribution in [2.24, 2.45) is 0 Å². The van der Waals surface area contributed by atoms with E-state index in [4.69, 9.17) is 6.42 Å². The zero-order chi connectivity index (χ0) is 11.7. The molecule has 84 valence electrons. The van der Waals surface area contributed by atoms with Gasteiger partial charge in [-0.25, -0.2) is 0 Å². The minimum Gasteiger partial charge on any atom is -0.184 e. The van der Waals surface area contributed by atoms with Crippen molar-refractivity contribution in [3.8, 4) is 12.3 Å². The largest absolute Gasteiger partial charge is 0.213 e. The fourth-order valence-corrected chi connectivity index (χ4v) is 2.84. The molecule has 17 heavy (non-hydrogen) atoms. The summed E-state index contributed by atoms with van der Waals surface area (Å²) in [5.41, 5.74) is 4.21. The first-order valence-corrected chi connectivity index (χ1v) is 6.27. The van der Waals surface area contributed by atoms with E-state index >= 15 is 0 Å². The Bertz CT molecular complexity index is 605. The van der Waals surface area contributed by atoms with Crippen LogP contribution < -0.4 is 4.57 Å². The minimum absolute atomic E-state index is 0.684. The van der Waals surface area contributed by atoms with Gasteiger partial charge in [-0.05, 0) is 37.3 Å². The highest BCUT2D eigenvalue weighted by molar-refractivity contribution is 5.76. The average molecular weight is 222 g/mol. The van der Waals surface area contributed by atoms with Gasteiger partial charge in [0, 0.05) is 23.4 Å². The molecule has 0 atom stereocenters. The molecule has 0 unspecified atom stereocenters. The molecule has 1 heteroatoms. The highest BCUT2D eigenvalue weighted by Gasteiger charge is 2.22. The lowest BCUT2D eigenvalue weighted by Gasteiger charge is -2.15. The van der Waals surface area contributed by atoms with Gasteiger partial charge < -0.3 is 0 Å². The van der Waals surface area contributed by atoms with Crippen molar-refractivity contribution in [2.45, 2.75) is 32.2 Å².